The maximum atomic E-state index is 12.5. The number of carbonyl (C=O) groups excluding carboxylic acids is 1. The Morgan fingerprint density at radius 3 is 2.80 bits per heavy atom. The lowest BCUT2D eigenvalue weighted by molar-refractivity contribution is 0.0927. The number of aromatic nitrogens is 3. The molecule has 0 unspecified atom stereocenters. The fourth-order valence-corrected chi connectivity index (χ4v) is 3.55. The van der Waals surface area contributed by atoms with Crippen LogP contribution in [0.5, 0.6) is 0 Å². The number of H-pyrrole nitrogens is 1. The van der Waals surface area contributed by atoms with Gasteiger partial charge >= 0.3 is 0 Å². The van der Waals surface area contributed by atoms with E-state index in [4.69, 9.17) is 0 Å². The van der Waals surface area contributed by atoms with E-state index in [-0.39, 0.29) is 5.91 Å². The zero-order chi connectivity index (χ0) is 17.2. The molecule has 1 saturated carbocycles. The van der Waals surface area contributed by atoms with Gasteiger partial charge in [-0.25, -0.2) is 4.98 Å². The summed E-state index contributed by atoms with van der Waals surface area (Å²) in [6.45, 7) is 1.94. The van der Waals surface area contributed by atoms with E-state index >= 15 is 0 Å². The number of amides is 1. The first kappa shape index (κ1) is 15.8. The molecular weight excluding hydrogens is 312 g/mol. The molecule has 0 radical (unpaired) electrons. The van der Waals surface area contributed by atoms with Crippen LogP contribution in [-0.2, 0) is 0 Å². The molecular formula is C20H22N4O. The summed E-state index contributed by atoms with van der Waals surface area (Å²) in [6, 6.07) is 8.27. The molecule has 0 spiro atoms. The van der Waals surface area contributed by atoms with Gasteiger partial charge in [-0.2, -0.15) is 0 Å². The van der Waals surface area contributed by atoms with Crippen molar-refractivity contribution in [1.29, 1.82) is 0 Å². The Kier molecular flexibility index (Phi) is 4.22. The predicted octanol–water partition coefficient (Wildman–Crippen LogP) is 4.00. The predicted molar refractivity (Wildman–Crippen MR) is 98.4 cm³/mol. The van der Waals surface area contributed by atoms with Gasteiger partial charge in [0, 0.05) is 24.0 Å². The van der Waals surface area contributed by atoms with Crippen LogP contribution in [-0.4, -0.2) is 26.9 Å². The molecule has 1 amide bonds. The topological polar surface area (TPSA) is 70.7 Å². The average Bonchev–Trinajstić information content (AvgIpc) is 3.02. The molecule has 2 aromatic heterocycles. The van der Waals surface area contributed by atoms with Gasteiger partial charge < -0.3 is 10.3 Å². The number of rotatable bonds is 3. The number of hydrogen-bond acceptors (Lipinski definition) is 3. The summed E-state index contributed by atoms with van der Waals surface area (Å²) in [5.74, 6) is 0.866. The van der Waals surface area contributed by atoms with E-state index in [1.54, 1.807) is 12.4 Å². The van der Waals surface area contributed by atoms with Crippen LogP contribution >= 0.6 is 0 Å². The van der Waals surface area contributed by atoms with Crippen molar-refractivity contribution in [2.75, 3.05) is 0 Å². The van der Waals surface area contributed by atoms with Crippen LogP contribution in [0.2, 0.25) is 0 Å². The maximum Gasteiger partial charge on any atom is 0.253 e. The number of carbonyl (C=O) groups is 1. The number of pyridine rings is 1. The van der Waals surface area contributed by atoms with Crippen LogP contribution in [0.1, 0.15) is 48.3 Å². The summed E-state index contributed by atoms with van der Waals surface area (Å²) < 4.78 is 0. The highest BCUT2D eigenvalue weighted by molar-refractivity contribution is 5.95. The van der Waals surface area contributed by atoms with Crippen LogP contribution in [0, 0.1) is 6.92 Å². The molecule has 5 nitrogen and oxygen atoms in total. The molecule has 0 saturated heterocycles. The summed E-state index contributed by atoms with van der Waals surface area (Å²) in [5.41, 5.74) is 4.51. The molecule has 1 aromatic carbocycles. The molecule has 4 rings (SSSR count). The Hall–Kier alpha value is -2.69. The molecule has 2 heterocycles. The fraction of sp³-hybridized carbons (Fsp3) is 0.350. The van der Waals surface area contributed by atoms with Gasteiger partial charge in [-0.15, -0.1) is 0 Å². The molecule has 2 N–H and O–H groups in total. The Morgan fingerprint density at radius 1 is 1.12 bits per heavy atom. The number of fused-ring (bicyclic) bond motifs is 1. The van der Waals surface area contributed by atoms with E-state index in [0.29, 0.717) is 11.6 Å². The van der Waals surface area contributed by atoms with E-state index in [1.165, 1.54) is 19.3 Å². The Morgan fingerprint density at radius 2 is 1.96 bits per heavy atom. The van der Waals surface area contributed by atoms with Crippen LogP contribution in [0.4, 0.5) is 0 Å². The van der Waals surface area contributed by atoms with Crippen LogP contribution in [0.15, 0.2) is 36.7 Å². The van der Waals surface area contributed by atoms with Gasteiger partial charge in [0.25, 0.3) is 5.91 Å². The number of nitrogens with zero attached hydrogens (tertiary/aromatic N) is 2. The number of nitrogens with one attached hydrogen (secondary N) is 2. The van der Waals surface area contributed by atoms with Crippen LogP contribution < -0.4 is 5.32 Å². The first-order chi connectivity index (χ1) is 12.2. The third kappa shape index (κ3) is 3.40. The smallest absolute Gasteiger partial charge is 0.253 e. The second-order valence-electron chi connectivity index (χ2n) is 6.82. The summed E-state index contributed by atoms with van der Waals surface area (Å²) in [7, 11) is 0. The van der Waals surface area contributed by atoms with Gasteiger partial charge in [0.15, 0.2) is 0 Å². The zero-order valence-corrected chi connectivity index (χ0v) is 14.4. The van der Waals surface area contributed by atoms with Crippen molar-refractivity contribution in [2.24, 2.45) is 0 Å². The Balaban J connectivity index is 1.58. The summed E-state index contributed by atoms with van der Waals surface area (Å²) in [5, 5.41) is 3.15. The van der Waals surface area contributed by atoms with Gasteiger partial charge in [0.2, 0.25) is 0 Å². The third-order valence-electron chi connectivity index (χ3n) is 4.87. The molecule has 5 heteroatoms. The first-order valence-electron chi connectivity index (χ1n) is 8.92. The summed E-state index contributed by atoms with van der Waals surface area (Å²) in [6.07, 6.45) is 9.27. The standard InChI is InChI=1S/C20H22N4O/c1-13-22-18-8-7-14(10-19(18)23-13)15-9-16(12-21-11-15)20(25)24-17-5-3-2-4-6-17/h7-12,17H,2-6H2,1H3,(H,22,23)(H,24,25). The first-order valence-corrected chi connectivity index (χ1v) is 8.92. The lowest BCUT2D eigenvalue weighted by Crippen LogP contribution is -2.36. The van der Waals surface area contributed by atoms with Crippen molar-refractivity contribution < 1.29 is 4.79 Å². The lowest BCUT2D eigenvalue weighted by Gasteiger charge is -2.22. The van der Waals surface area contributed by atoms with Crippen molar-refractivity contribution in [2.45, 2.75) is 45.1 Å². The van der Waals surface area contributed by atoms with E-state index in [9.17, 15) is 4.79 Å². The quantitative estimate of drug-likeness (QED) is 0.760. The highest BCUT2D eigenvalue weighted by atomic mass is 16.1. The lowest BCUT2D eigenvalue weighted by atomic mass is 9.95. The minimum atomic E-state index is -0.0280. The van der Waals surface area contributed by atoms with Gasteiger partial charge in [0.1, 0.15) is 5.82 Å². The normalized spacial score (nSPS) is 15.4. The Bertz CT molecular complexity index is 909. The fourth-order valence-electron chi connectivity index (χ4n) is 3.55. The second kappa shape index (κ2) is 6.67. The number of hydrogen-bond donors (Lipinski definition) is 2. The third-order valence-corrected chi connectivity index (χ3v) is 4.87. The zero-order valence-electron chi connectivity index (χ0n) is 14.4. The summed E-state index contributed by atoms with van der Waals surface area (Å²) >= 11 is 0. The SMILES string of the molecule is Cc1nc2ccc(-c3cncc(C(=O)NC4CCCCC4)c3)cc2[nH]1. The van der Waals surface area contributed by atoms with Crippen molar-refractivity contribution in [3.8, 4) is 11.1 Å². The van der Waals surface area contributed by atoms with E-state index in [1.807, 2.05) is 25.1 Å². The molecule has 1 aliphatic rings. The van der Waals surface area contributed by atoms with Crippen LogP contribution in [0.3, 0.4) is 0 Å². The number of aryl methyl sites for hydroxylation is 1. The van der Waals surface area contributed by atoms with E-state index in [0.717, 1.165) is 40.8 Å². The molecule has 128 valence electrons. The Labute approximate surface area is 146 Å². The molecule has 0 bridgehead atoms. The molecule has 25 heavy (non-hydrogen) atoms. The average molecular weight is 334 g/mol. The minimum absolute atomic E-state index is 0.0280. The van der Waals surface area contributed by atoms with Gasteiger partial charge in [-0.3, -0.25) is 9.78 Å². The van der Waals surface area contributed by atoms with E-state index < -0.39 is 0 Å². The van der Waals surface area contributed by atoms with E-state index in [2.05, 4.69) is 26.3 Å². The molecule has 1 fully saturated rings. The van der Waals surface area contributed by atoms with Crippen molar-refractivity contribution in [3.05, 3.63) is 48.0 Å². The second-order valence-corrected chi connectivity index (χ2v) is 6.82. The maximum absolute atomic E-state index is 12.5. The van der Waals surface area contributed by atoms with Gasteiger partial charge in [0.05, 0.1) is 16.6 Å². The van der Waals surface area contributed by atoms with Gasteiger partial charge in [-0.05, 0) is 43.5 Å². The molecule has 3 aromatic rings. The number of benzene rings is 1. The highest BCUT2D eigenvalue weighted by Crippen LogP contribution is 2.24. The van der Waals surface area contributed by atoms with Crippen molar-refractivity contribution in [1.82, 2.24) is 20.3 Å². The monoisotopic (exact) mass is 334 g/mol. The van der Waals surface area contributed by atoms with Gasteiger partial charge in [-0.1, -0.05) is 25.3 Å². The van der Waals surface area contributed by atoms with Crippen molar-refractivity contribution >= 4 is 16.9 Å². The number of aromatic amines is 1. The summed E-state index contributed by atoms with van der Waals surface area (Å²) in [4.78, 5) is 24.5. The molecule has 1 aliphatic carbocycles. The largest absolute Gasteiger partial charge is 0.349 e. The highest BCUT2D eigenvalue weighted by Gasteiger charge is 2.17. The van der Waals surface area contributed by atoms with Crippen LogP contribution in [0.25, 0.3) is 22.2 Å². The molecule has 0 aliphatic heterocycles. The number of imidazole rings is 1. The molecule has 0 atom stereocenters. The minimum Gasteiger partial charge on any atom is -0.349 e. The van der Waals surface area contributed by atoms with Crippen molar-refractivity contribution in [3.63, 3.8) is 0 Å².